The second kappa shape index (κ2) is 8.54. The number of nitrogens with zero attached hydrogens (tertiary/aromatic N) is 5. The molecule has 2 aromatic rings. The molecule has 6 N–H and O–H groups in total. The molecule has 0 spiro atoms. The van der Waals surface area contributed by atoms with Crippen LogP contribution in [0.3, 0.4) is 0 Å². The lowest BCUT2D eigenvalue weighted by atomic mass is 10.1. The summed E-state index contributed by atoms with van der Waals surface area (Å²) in [5.74, 6) is -0.454. The van der Waals surface area contributed by atoms with Gasteiger partial charge in [0, 0.05) is 19.5 Å². The summed E-state index contributed by atoms with van der Waals surface area (Å²) in [6.45, 7) is 1.89. The minimum absolute atomic E-state index is 0.0226. The Kier molecular flexibility index (Phi) is 6.41. The summed E-state index contributed by atoms with van der Waals surface area (Å²) in [7, 11) is 1.74. The molecule has 0 bridgehead atoms. The molecular weight excluding hydrogens is 340 g/mol. The van der Waals surface area contributed by atoms with Crippen molar-refractivity contribution in [2.45, 2.75) is 25.9 Å². The van der Waals surface area contributed by atoms with Crippen LogP contribution in [0.25, 0.3) is 11.2 Å². The van der Waals surface area contributed by atoms with E-state index >= 15 is 0 Å². The van der Waals surface area contributed by atoms with Crippen LogP contribution in [0.5, 0.6) is 0 Å². The van der Waals surface area contributed by atoms with Crippen LogP contribution >= 0.6 is 0 Å². The Hall–Kier alpha value is -2.79. The van der Waals surface area contributed by atoms with Gasteiger partial charge in [-0.3, -0.25) is 9.59 Å². The lowest BCUT2D eigenvalue weighted by Gasteiger charge is -2.29. The Labute approximate surface area is 150 Å². The molecule has 0 fully saturated rings. The summed E-state index contributed by atoms with van der Waals surface area (Å²) >= 11 is 0. The number of amides is 1. The van der Waals surface area contributed by atoms with Gasteiger partial charge in [0.15, 0.2) is 17.2 Å². The first-order valence-corrected chi connectivity index (χ1v) is 8.24. The van der Waals surface area contributed by atoms with Crippen molar-refractivity contribution >= 4 is 34.6 Å². The molecule has 0 aromatic carbocycles. The number of ketones is 1. The number of nitrogen functional groups attached to an aromatic ring is 2. The summed E-state index contributed by atoms with van der Waals surface area (Å²) in [5.41, 5.74) is 12.1. The Morgan fingerprint density at radius 2 is 2.12 bits per heavy atom. The smallest absolute Gasteiger partial charge is 0.243 e. The van der Waals surface area contributed by atoms with Crippen molar-refractivity contribution in [3.8, 4) is 0 Å². The van der Waals surface area contributed by atoms with Crippen LogP contribution in [0.1, 0.15) is 13.3 Å². The highest BCUT2D eigenvalue weighted by Gasteiger charge is 2.28. The fourth-order valence-electron chi connectivity index (χ4n) is 2.63. The first kappa shape index (κ1) is 19.5. The minimum atomic E-state index is -0.889. The number of aliphatic hydroxyl groups is 1. The van der Waals surface area contributed by atoms with Crippen LogP contribution in [0.15, 0.2) is 6.33 Å². The molecule has 2 heterocycles. The second-order valence-electron chi connectivity index (χ2n) is 5.72. The molecule has 0 aliphatic carbocycles. The van der Waals surface area contributed by atoms with E-state index in [-0.39, 0.29) is 43.0 Å². The molecule has 0 saturated heterocycles. The van der Waals surface area contributed by atoms with Crippen LogP contribution in [0, 0.1) is 0 Å². The van der Waals surface area contributed by atoms with Crippen LogP contribution in [-0.2, 0) is 16.1 Å². The van der Waals surface area contributed by atoms with Crippen molar-refractivity contribution in [3.63, 3.8) is 0 Å². The standard InChI is InChI=1S/C15H24N8O3/c1-3-10(25)9(7-24)23(5-4-18-2)11(26)6-22-8-19-12-13(16)20-15(17)21-14(12)22/h8-9,18,24H,3-7H2,1-2H3,(H4,16,17,20,21). The van der Waals surface area contributed by atoms with E-state index in [1.165, 1.54) is 15.8 Å². The largest absolute Gasteiger partial charge is 0.394 e. The number of aromatic nitrogens is 4. The number of hydrogen-bond donors (Lipinski definition) is 4. The van der Waals surface area contributed by atoms with Gasteiger partial charge in [0.05, 0.1) is 12.9 Å². The van der Waals surface area contributed by atoms with E-state index in [2.05, 4.69) is 20.3 Å². The second-order valence-corrected chi connectivity index (χ2v) is 5.72. The number of hydrogen-bond acceptors (Lipinski definition) is 9. The summed E-state index contributed by atoms with van der Waals surface area (Å²) in [6.07, 6.45) is 1.64. The number of fused-ring (bicyclic) bond motifs is 1. The van der Waals surface area contributed by atoms with Crippen molar-refractivity contribution in [1.29, 1.82) is 0 Å². The monoisotopic (exact) mass is 364 g/mol. The van der Waals surface area contributed by atoms with E-state index in [4.69, 9.17) is 11.5 Å². The summed E-state index contributed by atoms with van der Waals surface area (Å²) < 4.78 is 1.49. The number of carbonyl (C=O) groups is 2. The molecule has 1 atom stereocenters. The number of imidazole rings is 1. The Balaban J connectivity index is 2.30. The Morgan fingerprint density at radius 1 is 1.38 bits per heavy atom. The number of carbonyl (C=O) groups excluding carboxylic acids is 2. The quantitative estimate of drug-likeness (QED) is 0.409. The highest BCUT2D eigenvalue weighted by Crippen LogP contribution is 2.17. The minimum Gasteiger partial charge on any atom is -0.394 e. The van der Waals surface area contributed by atoms with E-state index in [1.807, 2.05) is 0 Å². The molecule has 1 unspecified atom stereocenters. The molecule has 11 nitrogen and oxygen atoms in total. The molecule has 26 heavy (non-hydrogen) atoms. The van der Waals surface area contributed by atoms with Crippen LogP contribution < -0.4 is 16.8 Å². The van der Waals surface area contributed by atoms with Gasteiger partial charge in [0.25, 0.3) is 0 Å². The maximum atomic E-state index is 12.8. The predicted octanol–water partition coefficient (Wildman–Crippen LogP) is -1.62. The maximum absolute atomic E-state index is 12.8. The fourth-order valence-corrected chi connectivity index (χ4v) is 2.63. The summed E-state index contributed by atoms with van der Waals surface area (Å²) in [6, 6.07) is -0.889. The zero-order valence-corrected chi connectivity index (χ0v) is 14.8. The van der Waals surface area contributed by atoms with Crippen LogP contribution in [0.4, 0.5) is 11.8 Å². The number of Topliss-reactive ketones (excluding diaryl/α,β-unsaturated/α-hetero) is 1. The molecule has 0 aliphatic rings. The third kappa shape index (κ3) is 4.06. The van der Waals surface area contributed by atoms with Gasteiger partial charge in [-0.2, -0.15) is 9.97 Å². The lowest BCUT2D eigenvalue weighted by molar-refractivity contribution is -0.141. The number of anilines is 2. The van der Waals surface area contributed by atoms with E-state index < -0.39 is 12.6 Å². The Bertz CT molecular complexity index is 791. The van der Waals surface area contributed by atoms with Gasteiger partial charge in [-0.25, -0.2) is 4.98 Å². The molecule has 11 heteroatoms. The predicted molar refractivity (Wildman–Crippen MR) is 96.0 cm³/mol. The first-order chi connectivity index (χ1) is 12.4. The zero-order chi connectivity index (χ0) is 19.3. The molecule has 0 radical (unpaired) electrons. The molecule has 0 saturated carbocycles. The molecule has 142 valence electrons. The van der Waals surface area contributed by atoms with Crippen molar-refractivity contribution in [1.82, 2.24) is 29.7 Å². The number of nitrogens with two attached hydrogens (primary N) is 2. The van der Waals surface area contributed by atoms with Crippen LogP contribution in [0.2, 0.25) is 0 Å². The molecule has 0 aliphatic heterocycles. The highest BCUT2D eigenvalue weighted by molar-refractivity contribution is 5.90. The van der Waals surface area contributed by atoms with E-state index in [0.717, 1.165) is 0 Å². The van der Waals surface area contributed by atoms with E-state index in [1.54, 1.807) is 14.0 Å². The number of aliphatic hydroxyl groups excluding tert-OH is 1. The SMILES string of the molecule is CCC(=O)C(CO)N(CCNC)C(=O)Cn1cnc2c(N)nc(N)nc21. The van der Waals surface area contributed by atoms with Gasteiger partial charge in [0.1, 0.15) is 18.1 Å². The molecule has 2 aromatic heterocycles. The number of nitrogens with one attached hydrogen (secondary N) is 1. The van der Waals surface area contributed by atoms with Crippen molar-refractivity contribution in [3.05, 3.63) is 6.33 Å². The maximum Gasteiger partial charge on any atom is 0.243 e. The normalized spacial score (nSPS) is 12.3. The van der Waals surface area contributed by atoms with E-state index in [0.29, 0.717) is 17.7 Å². The Morgan fingerprint density at radius 3 is 2.73 bits per heavy atom. The third-order valence-electron chi connectivity index (χ3n) is 4.01. The first-order valence-electron chi connectivity index (χ1n) is 8.24. The zero-order valence-electron chi connectivity index (χ0n) is 14.8. The van der Waals surface area contributed by atoms with Crippen molar-refractivity contribution < 1.29 is 14.7 Å². The number of likely N-dealkylation sites (N-methyl/N-ethyl adjacent to an activating group) is 1. The molecule has 1 amide bonds. The average Bonchev–Trinajstić information content (AvgIpc) is 3.00. The van der Waals surface area contributed by atoms with Crippen LogP contribution in [-0.4, -0.2) is 74.0 Å². The average molecular weight is 364 g/mol. The van der Waals surface area contributed by atoms with Crippen molar-refractivity contribution in [2.75, 3.05) is 38.2 Å². The number of rotatable bonds is 9. The summed E-state index contributed by atoms with van der Waals surface area (Å²) in [4.78, 5) is 38.3. The van der Waals surface area contributed by atoms with E-state index in [9.17, 15) is 14.7 Å². The van der Waals surface area contributed by atoms with Gasteiger partial charge < -0.3 is 31.4 Å². The fraction of sp³-hybridized carbons (Fsp3) is 0.533. The van der Waals surface area contributed by atoms with Gasteiger partial charge in [-0.1, -0.05) is 6.92 Å². The van der Waals surface area contributed by atoms with Gasteiger partial charge in [-0.05, 0) is 7.05 Å². The topological polar surface area (TPSA) is 165 Å². The summed E-state index contributed by atoms with van der Waals surface area (Å²) in [5, 5.41) is 12.5. The molecular formula is C15H24N8O3. The highest BCUT2D eigenvalue weighted by atomic mass is 16.3. The van der Waals surface area contributed by atoms with Gasteiger partial charge >= 0.3 is 0 Å². The van der Waals surface area contributed by atoms with Gasteiger partial charge in [0.2, 0.25) is 11.9 Å². The third-order valence-corrected chi connectivity index (χ3v) is 4.01. The molecule has 2 rings (SSSR count). The van der Waals surface area contributed by atoms with Crippen molar-refractivity contribution in [2.24, 2.45) is 0 Å². The lowest BCUT2D eigenvalue weighted by Crippen LogP contribution is -2.50. The van der Waals surface area contributed by atoms with Gasteiger partial charge in [-0.15, -0.1) is 0 Å².